The molecule has 0 fully saturated rings. The normalized spacial score (nSPS) is 12.3. The van der Waals surface area contributed by atoms with Gasteiger partial charge in [-0.05, 0) is 38.0 Å². The number of hydrogen-bond donors (Lipinski definition) is 1. The first-order chi connectivity index (χ1) is 8.95. The molecule has 0 heterocycles. The van der Waals surface area contributed by atoms with Crippen LogP contribution >= 0.6 is 0 Å². The van der Waals surface area contributed by atoms with Gasteiger partial charge < -0.3 is 15.4 Å². The van der Waals surface area contributed by atoms with Gasteiger partial charge in [-0.3, -0.25) is 4.79 Å². The molecule has 0 spiro atoms. The minimum absolute atomic E-state index is 0.0238. The van der Waals surface area contributed by atoms with Crippen LogP contribution in [-0.2, 0) is 4.79 Å². The zero-order valence-corrected chi connectivity index (χ0v) is 12.2. The molecule has 0 bridgehead atoms. The summed E-state index contributed by atoms with van der Waals surface area (Å²) in [5.41, 5.74) is 7.02. The van der Waals surface area contributed by atoms with Crippen molar-refractivity contribution in [3.63, 3.8) is 0 Å². The number of benzene rings is 1. The van der Waals surface area contributed by atoms with E-state index in [2.05, 4.69) is 6.92 Å². The molecule has 2 N–H and O–H groups in total. The highest BCUT2D eigenvalue weighted by Crippen LogP contribution is 2.18. The summed E-state index contributed by atoms with van der Waals surface area (Å²) in [6.45, 7) is 6.06. The Bertz CT molecular complexity index is 401. The first kappa shape index (κ1) is 15.5. The van der Waals surface area contributed by atoms with E-state index in [-0.39, 0.29) is 24.6 Å². The number of nitrogens with zero attached hydrogens (tertiary/aromatic N) is 1. The van der Waals surface area contributed by atoms with Gasteiger partial charge in [0, 0.05) is 19.1 Å². The summed E-state index contributed by atoms with van der Waals surface area (Å²) in [7, 11) is 1.78. The molecule has 19 heavy (non-hydrogen) atoms. The quantitative estimate of drug-likeness (QED) is 0.858. The van der Waals surface area contributed by atoms with E-state index >= 15 is 0 Å². The highest BCUT2D eigenvalue weighted by atomic mass is 16.5. The second-order valence-corrected chi connectivity index (χ2v) is 4.97. The molecule has 4 heteroatoms. The van der Waals surface area contributed by atoms with Crippen molar-refractivity contribution in [2.24, 2.45) is 5.73 Å². The van der Waals surface area contributed by atoms with Gasteiger partial charge in [0.05, 0.1) is 0 Å². The molecular weight excluding hydrogens is 240 g/mol. The van der Waals surface area contributed by atoms with Gasteiger partial charge in [0.15, 0.2) is 6.61 Å². The van der Waals surface area contributed by atoms with E-state index < -0.39 is 0 Å². The molecular formula is C15H24N2O2. The van der Waals surface area contributed by atoms with Crippen LogP contribution in [0.1, 0.15) is 38.8 Å². The minimum atomic E-state index is -0.0238. The highest BCUT2D eigenvalue weighted by molar-refractivity contribution is 5.77. The molecule has 1 atom stereocenters. The second-order valence-electron chi connectivity index (χ2n) is 4.97. The van der Waals surface area contributed by atoms with E-state index in [0.29, 0.717) is 5.75 Å². The van der Waals surface area contributed by atoms with Crippen molar-refractivity contribution < 1.29 is 9.53 Å². The third kappa shape index (κ3) is 4.56. The van der Waals surface area contributed by atoms with Crippen LogP contribution in [0.15, 0.2) is 24.3 Å². The first-order valence-electron chi connectivity index (χ1n) is 6.69. The molecule has 4 nitrogen and oxygen atoms in total. The number of rotatable bonds is 6. The van der Waals surface area contributed by atoms with Crippen molar-refractivity contribution >= 4 is 5.91 Å². The van der Waals surface area contributed by atoms with Gasteiger partial charge in [-0.25, -0.2) is 0 Å². The highest BCUT2D eigenvalue weighted by Gasteiger charge is 2.12. The van der Waals surface area contributed by atoms with E-state index in [1.807, 2.05) is 38.1 Å². The summed E-state index contributed by atoms with van der Waals surface area (Å²) in [6.07, 6.45) is 0.901. The molecule has 1 amide bonds. The van der Waals surface area contributed by atoms with Crippen molar-refractivity contribution in [2.75, 3.05) is 13.7 Å². The summed E-state index contributed by atoms with van der Waals surface area (Å²) in [4.78, 5) is 13.4. The maximum absolute atomic E-state index is 11.8. The fourth-order valence-electron chi connectivity index (χ4n) is 1.58. The summed E-state index contributed by atoms with van der Waals surface area (Å²) in [6, 6.07) is 7.84. The van der Waals surface area contributed by atoms with E-state index in [0.717, 1.165) is 12.0 Å². The van der Waals surface area contributed by atoms with Crippen LogP contribution in [0, 0.1) is 0 Å². The number of nitrogens with two attached hydrogens (primary N) is 1. The van der Waals surface area contributed by atoms with Crippen LogP contribution in [0.4, 0.5) is 0 Å². The summed E-state index contributed by atoms with van der Waals surface area (Å²) < 4.78 is 5.48. The lowest BCUT2D eigenvalue weighted by Crippen LogP contribution is -2.36. The number of hydrogen-bond acceptors (Lipinski definition) is 3. The van der Waals surface area contributed by atoms with E-state index in [1.54, 1.807) is 11.9 Å². The van der Waals surface area contributed by atoms with Crippen molar-refractivity contribution in [1.29, 1.82) is 0 Å². The second kappa shape index (κ2) is 7.14. The average Bonchev–Trinajstić information content (AvgIpc) is 2.43. The van der Waals surface area contributed by atoms with Crippen molar-refractivity contribution in [1.82, 2.24) is 4.90 Å². The Morgan fingerprint density at radius 1 is 1.32 bits per heavy atom. The third-order valence-corrected chi connectivity index (χ3v) is 3.28. The molecule has 0 aliphatic carbocycles. The number of ether oxygens (including phenoxy) is 1. The van der Waals surface area contributed by atoms with E-state index in [9.17, 15) is 4.79 Å². The van der Waals surface area contributed by atoms with Crippen molar-refractivity contribution in [3.8, 4) is 5.75 Å². The Balaban J connectivity index is 2.52. The molecule has 1 aromatic carbocycles. The summed E-state index contributed by atoms with van der Waals surface area (Å²) in [5, 5.41) is 0. The van der Waals surface area contributed by atoms with Gasteiger partial charge in [0.2, 0.25) is 0 Å². The molecule has 0 saturated heterocycles. The Morgan fingerprint density at radius 3 is 2.37 bits per heavy atom. The Morgan fingerprint density at radius 2 is 1.89 bits per heavy atom. The smallest absolute Gasteiger partial charge is 0.260 e. The monoisotopic (exact) mass is 264 g/mol. The maximum Gasteiger partial charge on any atom is 0.260 e. The van der Waals surface area contributed by atoms with Gasteiger partial charge in [-0.2, -0.15) is 0 Å². The molecule has 0 unspecified atom stereocenters. The lowest BCUT2D eigenvalue weighted by Gasteiger charge is -2.21. The fraction of sp³-hybridized carbons (Fsp3) is 0.533. The molecule has 0 radical (unpaired) electrons. The van der Waals surface area contributed by atoms with E-state index in [1.165, 1.54) is 0 Å². The first-order valence-corrected chi connectivity index (χ1v) is 6.69. The van der Waals surface area contributed by atoms with Gasteiger partial charge in [-0.15, -0.1) is 0 Å². The fourth-order valence-corrected chi connectivity index (χ4v) is 1.58. The largest absolute Gasteiger partial charge is 0.484 e. The SMILES string of the molecule is CC[C@@H](N)c1ccc(OCC(=O)N(C)C(C)C)cc1. The topological polar surface area (TPSA) is 55.6 Å². The molecule has 0 aliphatic rings. The van der Waals surface area contributed by atoms with Crippen molar-refractivity contribution in [3.05, 3.63) is 29.8 Å². The lowest BCUT2D eigenvalue weighted by molar-refractivity contribution is -0.133. The molecule has 1 rings (SSSR count). The van der Waals surface area contributed by atoms with Crippen LogP contribution < -0.4 is 10.5 Å². The molecule has 0 aliphatic heterocycles. The molecule has 106 valence electrons. The van der Waals surface area contributed by atoms with Crippen LogP contribution in [-0.4, -0.2) is 30.5 Å². The number of amides is 1. The summed E-state index contributed by atoms with van der Waals surface area (Å²) in [5.74, 6) is 0.668. The minimum Gasteiger partial charge on any atom is -0.484 e. The van der Waals surface area contributed by atoms with Gasteiger partial charge in [0.25, 0.3) is 5.91 Å². The summed E-state index contributed by atoms with van der Waals surface area (Å²) >= 11 is 0. The third-order valence-electron chi connectivity index (χ3n) is 3.28. The van der Waals surface area contributed by atoms with Crippen molar-refractivity contribution in [2.45, 2.75) is 39.3 Å². The Labute approximate surface area is 115 Å². The van der Waals surface area contributed by atoms with Crippen LogP contribution in [0.2, 0.25) is 0 Å². The van der Waals surface area contributed by atoms with E-state index in [4.69, 9.17) is 10.5 Å². The molecule has 0 aromatic heterocycles. The zero-order chi connectivity index (χ0) is 14.4. The number of carbonyl (C=O) groups is 1. The molecule has 0 saturated carbocycles. The number of likely N-dealkylation sites (N-methyl/N-ethyl adjacent to an activating group) is 1. The Hall–Kier alpha value is -1.55. The zero-order valence-electron chi connectivity index (χ0n) is 12.2. The van der Waals surface area contributed by atoms with Crippen LogP contribution in [0.5, 0.6) is 5.75 Å². The number of carbonyl (C=O) groups excluding carboxylic acids is 1. The molecule has 1 aromatic rings. The Kier molecular flexibility index (Phi) is 5.83. The standard InChI is InChI=1S/C15H24N2O2/c1-5-14(16)12-6-8-13(9-7-12)19-10-15(18)17(4)11(2)3/h6-9,11,14H,5,10,16H2,1-4H3/t14-/m1/s1. The lowest BCUT2D eigenvalue weighted by atomic mass is 10.1. The van der Waals surface area contributed by atoms with Gasteiger partial charge in [-0.1, -0.05) is 19.1 Å². The predicted molar refractivity (Wildman–Crippen MR) is 77.1 cm³/mol. The van der Waals surface area contributed by atoms with Crippen LogP contribution in [0.3, 0.4) is 0 Å². The maximum atomic E-state index is 11.8. The van der Waals surface area contributed by atoms with Crippen LogP contribution in [0.25, 0.3) is 0 Å². The average molecular weight is 264 g/mol. The van der Waals surface area contributed by atoms with Gasteiger partial charge >= 0.3 is 0 Å². The predicted octanol–water partition coefficient (Wildman–Crippen LogP) is 2.34. The van der Waals surface area contributed by atoms with Gasteiger partial charge in [0.1, 0.15) is 5.75 Å².